The molecular formula is C18H21NO2. The molecule has 1 unspecified atom stereocenters. The number of benzene rings is 2. The molecule has 0 fully saturated rings. The van der Waals surface area contributed by atoms with Crippen LogP contribution in [0.4, 0.5) is 0 Å². The highest BCUT2D eigenvalue weighted by molar-refractivity contribution is 5.76. The molecule has 2 N–H and O–H groups in total. The summed E-state index contributed by atoms with van der Waals surface area (Å²) in [5.41, 5.74) is 11.7. The van der Waals surface area contributed by atoms with Crippen molar-refractivity contribution in [2.45, 2.75) is 26.3 Å². The number of hydrogen-bond acceptors (Lipinski definition) is 3. The van der Waals surface area contributed by atoms with Crippen molar-refractivity contribution in [2.75, 3.05) is 7.11 Å². The Labute approximate surface area is 125 Å². The van der Waals surface area contributed by atoms with Gasteiger partial charge in [0.05, 0.1) is 7.11 Å². The van der Waals surface area contributed by atoms with Crippen molar-refractivity contribution < 1.29 is 9.53 Å². The summed E-state index contributed by atoms with van der Waals surface area (Å²) in [7, 11) is 1.35. The maximum atomic E-state index is 11.4. The van der Waals surface area contributed by atoms with Crippen LogP contribution in [0.2, 0.25) is 0 Å². The lowest BCUT2D eigenvalue weighted by Crippen LogP contribution is -2.33. The standard InChI is InChI=1S/C18H21NO2/c1-12-7-8-16(9-13(12)2)15-6-4-5-14(10-15)11-17(19)18(20)21-3/h4-10,17H,11,19H2,1-3H3. The van der Waals surface area contributed by atoms with Gasteiger partial charge in [0.1, 0.15) is 6.04 Å². The fourth-order valence-electron chi connectivity index (χ4n) is 2.29. The molecule has 2 aromatic carbocycles. The van der Waals surface area contributed by atoms with E-state index in [-0.39, 0.29) is 5.97 Å². The Balaban J connectivity index is 2.25. The maximum Gasteiger partial charge on any atom is 0.322 e. The van der Waals surface area contributed by atoms with Crippen molar-refractivity contribution in [1.29, 1.82) is 0 Å². The predicted molar refractivity (Wildman–Crippen MR) is 85.0 cm³/mol. The number of esters is 1. The van der Waals surface area contributed by atoms with Gasteiger partial charge in [0.25, 0.3) is 0 Å². The minimum absolute atomic E-state index is 0.383. The van der Waals surface area contributed by atoms with Gasteiger partial charge >= 0.3 is 5.97 Å². The summed E-state index contributed by atoms with van der Waals surface area (Å²) in [6.45, 7) is 4.21. The van der Waals surface area contributed by atoms with Gasteiger partial charge in [-0.2, -0.15) is 0 Å². The third kappa shape index (κ3) is 3.70. The van der Waals surface area contributed by atoms with Crippen LogP contribution in [0.1, 0.15) is 16.7 Å². The average Bonchev–Trinajstić information content (AvgIpc) is 2.49. The topological polar surface area (TPSA) is 52.3 Å². The second-order valence-electron chi connectivity index (χ2n) is 5.33. The first kappa shape index (κ1) is 15.3. The van der Waals surface area contributed by atoms with E-state index in [1.165, 1.54) is 23.8 Å². The fraction of sp³-hybridized carbons (Fsp3) is 0.278. The van der Waals surface area contributed by atoms with E-state index in [0.29, 0.717) is 6.42 Å². The van der Waals surface area contributed by atoms with Crippen LogP contribution in [0.15, 0.2) is 42.5 Å². The summed E-state index contributed by atoms with van der Waals surface area (Å²) < 4.78 is 4.66. The van der Waals surface area contributed by atoms with Gasteiger partial charge in [-0.15, -0.1) is 0 Å². The number of aryl methyl sites for hydroxylation is 2. The number of methoxy groups -OCH3 is 1. The lowest BCUT2D eigenvalue weighted by molar-refractivity contribution is -0.142. The maximum absolute atomic E-state index is 11.4. The summed E-state index contributed by atoms with van der Waals surface area (Å²) in [5, 5.41) is 0. The van der Waals surface area contributed by atoms with Gasteiger partial charge < -0.3 is 10.5 Å². The van der Waals surface area contributed by atoms with E-state index in [4.69, 9.17) is 5.73 Å². The number of hydrogen-bond donors (Lipinski definition) is 1. The molecule has 0 heterocycles. The van der Waals surface area contributed by atoms with Crippen LogP contribution in [0.3, 0.4) is 0 Å². The number of carbonyl (C=O) groups is 1. The van der Waals surface area contributed by atoms with E-state index in [1.807, 2.05) is 12.1 Å². The Morgan fingerprint density at radius 3 is 2.48 bits per heavy atom. The molecular weight excluding hydrogens is 262 g/mol. The number of carbonyl (C=O) groups excluding carboxylic acids is 1. The highest BCUT2D eigenvalue weighted by Crippen LogP contribution is 2.23. The van der Waals surface area contributed by atoms with Crippen LogP contribution in [-0.4, -0.2) is 19.1 Å². The second-order valence-corrected chi connectivity index (χ2v) is 5.33. The summed E-state index contributed by atoms with van der Waals surface area (Å²) >= 11 is 0. The van der Waals surface area contributed by atoms with Crippen LogP contribution >= 0.6 is 0 Å². The van der Waals surface area contributed by atoms with Gasteiger partial charge in [-0.1, -0.05) is 42.5 Å². The highest BCUT2D eigenvalue weighted by Gasteiger charge is 2.14. The van der Waals surface area contributed by atoms with Crippen molar-refractivity contribution in [3.05, 3.63) is 59.2 Å². The van der Waals surface area contributed by atoms with E-state index in [2.05, 4.69) is 48.9 Å². The molecule has 3 heteroatoms. The van der Waals surface area contributed by atoms with Crippen LogP contribution in [0.5, 0.6) is 0 Å². The Kier molecular flexibility index (Phi) is 4.76. The first-order valence-electron chi connectivity index (χ1n) is 7.01. The molecule has 2 aromatic rings. The zero-order valence-corrected chi connectivity index (χ0v) is 12.7. The first-order valence-corrected chi connectivity index (χ1v) is 7.01. The van der Waals surface area contributed by atoms with Crippen molar-refractivity contribution in [3.63, 3.8) is 0 Å². The molecule has 110 valence electrons. The molecule has 0 amide bonds. The average molecular weight is 283 g/mol. The molecule has 0 saturated carbocycles. The van der Waals surface area contributed by atoms with Gasteiger partial charge in [-0.3, -0.25) is 4.79 Å². The van der Waals surface area contributed by atoms with Crippen molar-refractivity contribution >= 4 is 5.97 Å². The molecule has 0 radical (unpaired) electrons. The molecule has 0 aromatic heterocycles. The predicted octanol–water partition coefficient (Wildman–Crippen LogP) is 3.01. The summed E-state index contributed by atoms with van der Waals surface area (Å²) in [6, 6.07) is 13.9. The lowest BCUT2D eigenvalue weighted by atomic mass is 9.97. The summed E-state index contributed by atoms with van der Waals surface area (Å²) in [6.07, 6.45) is 0.478. The fourth-order valence-corrected chi connectivity index (χ4v) is 2.29. The zero-order valence-electron chi connectivity index (χ0n) is 12.7. The molecule has 3 nitrogen and oxygen atoms in total. The van der Waals surface area contributed by atoms with E-state index in [1.54, 1.807) is 0 Å². The van der Waals surface area contributed by atoms with Gasteiger partial charge in [0, 0.05) is 0 Å². The number of rotatable bonds is 4. The van der Waals surface area contributed by atoms with Crippen LogP contribution in [0, 0.1) is 13.8 Å². The van der Waals surface area contributed by atoms with Crippen molar-refractivity contribution in [2.24, 2.45) is 5.73 Å². The van der Waals surface area contributed by atoms with Gasteiger partial charge in [-0.25, -0.2) is 0 Å². The molecule has 0 aliphatic heterocycles. The second kappa shape index (κ2) is 6.55. The highest BCUT2D eigenvalue weighted by atomic mass is 16.5. The monoisotopic (exact) mass is 283 g/mol. The Morgan fingerprint density at radius 1 is 1.10 bits per heavy atom. The van der Waals surface area contributed by atoms with E-state index < -0.39 is 6.04 Å². The van der Waals surface area contributed by atoms with E-state index >= 15 is 0 Å². The summed E-state index contributed by atoms with van der Waals surface area (Å²) in [5.74, 6) is -0.383. The SMILES string of the molecule is COC(=O)C(N)Cc1cccc(-c2ccc(C)c(C)c2)c1. The van der Waals surface area contributed by atoms with Gasteiger partial charge in [-0.05, 0) is 48.1 Å². The number of ether oxygens (including phenoxy) is 1. The van der Waals surface area contributed by atoms with Crippen molar-refractivity contribution in [3.8, 4) is 11.1 Å². The molecule has 0 saturated heterocycles. The third-order valence-electron chi connectivity index (χ3n) is 3.73. The largest absolute Gasteiger partial charge is 0.468 e. The van der Waals surface area contributed by atoms with Crippen LogP contribution in [0.25, 0.3) is 11.1 Å². The van der Waals surface area contributed by atoms with Gasteiger partial charge in [0.15, 0.2) is 0 Å². The minimum Gasteiger partial charge on any atom is -0.468 e. The van der Waals surface area contributed by atoms with Crippen molar-refractivity contribution in [1.82, 2.24) is 0 Å². The van der Waals surface area contributed by atoms with E-state index in [9.17, 15) is 4.79 Å². The Morgan fingerprint density at radius 2 is 1.81 bits per heavy atom. The Bertz CT molecular complexity index is 649. The zero-order chi connectivity index (χ0) is 15.4. The molecule has 2 rings (SSSR count). The molecule has 21 heavy (non-hydrogen) atoms. The van der Waals surface area contributed by atoms with Crippen LogP contribution < -0.4 is 5.73 Å². The lowest BCUT2D eigenvalue weighted by Gasteiger charge is -2.11. The van der Waals surface area contributed by atoms with E-state index in [0.717, 1.165) is 11.1 Å². The Hall–Kier alpha value is -2.13. The number of nitrogens with two attached hydrogens (primary N) is 1. The first-order chi connectivity index (χ1) is 10.0. The normalized spacial score (nSPS) is 12.0. The quantitative estimate of drug-likeness (QED) is 0.878. The molecule has 0 bridgehead atoms. The summed E-state index contributed by atoms with van der Waals surface area (Å²) in [4.78, 5) is 11.4. The smallest absolute Gasteiger partial charge is 0.322 e. The molecule has 0 spiro atoms. The molecule has 0 aliphatic rings. The van der Waals surface area contributed by atoms with Crippen LogP contribution in [-0.2, 0) is 16.0 Å². The molecule has 0 aliphatic carbocycles. The molecule has 1 atom stereocenters. The minimum atomic E-state index is -0.620. The van der Waals surface area contributed by atoms with Gasteiger partial charge in [0.2, 0.25) is 0 Å². The third-order valence-corrected chi connectivity index (χ3v) is 3.73.